The molecule has 1 nitrogen and oxygen atoms in total. The Morgan fingerprint density at radius 1 is 1.32 bits per heavy atom. The quantitative estimate of drug-likeness (QED) is 0.873. The molecule has 2 aliphatic rings. The maximum atomic E-state index is 13.2. The van der Waals surface area contributed by atoms with E-state index in [1.807, 2.05) is 6.07 Å². The Hall–Kier alpha value is -0.890. The third kappa shape index (κ3) is 3.00. The second-order valence-corrected chi connectivity index (χ2v) is 7.10. The van der Waals surface area contributed by atoms with E-state index in [9.17, 15) is 4.39 Å². The summed E-state index contributed by atoms with van der Waals surface area (Å²) in [4.78, 5) is 0. The van der Waals surface area contributed by atoms with E-state index in [2.05, 4.69) is 6.92 Å². The van der Waals surface area contributed by atoms with Gasteiger partial charge in [-0.25, -0.2) is 4.39 Å². The summed E-state index contributed by atoms with van der Waals surface area (Å²) in [5.74, 6) is 2.54. The van der Waals surface area contributed by atoms with Crippen LogP contribution in [-0.2, 0) is 6.42 Å². The SMILES string of the molecule is CC(N)(Cc1cccc(F)c1)CC1CC2CCC1C2. The summed E-state index contributed by atoms with van der Waals surface area (Å²) >= 11 is 0. The Morgan fingerprint density at radius 3 is 2.79 bits per heavy atom. The topological polar surface area (TPSA) is 26.0 Å². The van der Waals surface area contributed by atoms with Crippen LogP contribution in [-0.4, -0.2) is 5.54 Å². The molecular formula is C17H24FN. The molecule has 0 radical (unpaired) electrons. The fourth-order valence-electron chi connectivity index (χ4n) is 4.41. The van der Waals surface area contributed by atoms with Crippen molar-refractivity contribution in [2.24, 2.45) is 23.5 Å². The lowest BCUT2D eigenvalue weighted by Gasteiger charge is -2.32. The summed E-state index contributed by atoms with van der Waals surface area (Å²) < 4.78 is 13.2. The first-order valence-electron chi connectivity index (χ1n) is 7.55. The molecule has 1 aromatic carbocycles. The Kier molecular flexibility index (Phi) is 3.38. The van der Waals surface area contributed by atoms with E-state index < -0.39 is 0 Å². The van der Waals surface area contributed by atoms with Crippen LogP contribution in [0, 0.1) is 23.6 Å². The number of hydrogen-bond acceptors (Lipinski definition) is 1. The normalized spacial score (nSPS) is 32.5. The number of rotatable bonds is 4. The van der Waals surface area contributed by atoms with E-state index in [1.54, 1.807) is 12.1 Å². The summed E-state index contributed by atoms with van der Waals surface area (Å²) in [6, 6.07) is 6.87. The molecule has 0 saturated heterocycles. The van der Waals surface area contributed by atoms with Crippen LogP contribution in [0.1, 0.15) is 44.6 Å². The van der Waals surface area contributed by atoms with Crippen molar-refractivity contribution in [1.29, 1.82) is 0 Å². The summed E-state index contributed by atoms with van der Waals surface area (Å²) in [6.07, 6.45) is 7.52. The van der Waals surface area contributed by atoms with Crippen molar-refractivity contribution in [2.75, 3.05) is 0 Å². The molecule has 104 valence electrons. The van der Waals surface area contributed by atoms with Crippen molar-refractivity contribution in [3.63, 3.8) is 0 Å². The van der Waals surface area contributed by atoms with Crippen molar-refractivity contribution >= 4 is 0 Å². The molecule has 2 fully saturated rings. The van der Waals surface area contributed by atoms with E-state index in [-0.39, 0.29) is 11.4 Å². The number of nitrogens with two attached hydrogens (primary N) is 1. The highest BCUT2D eigenvalue weighted by Gasteiger charge is 2.41. The average molecular weight is 261 g/mol. The molecule has 0 spiro atoms. The van der Waals surface area contributed by atoms with Crippen molar-refractivity contribution in [3.05, 3.63) is 35.6 Å². The van der Waals surface area contributed by atoms with Crippen LogP contribution in [0.2, 0.25) is 0 Å². The van der Waals surface area contributed by atoms with Gasteiger partial charge in [-0.05, 0) is 74.5 Å². The molecule has 0 amide bonds. The minimum Gasteiger partial charge on any atom is -0.325 e. The first kappa shape index (κ1) is 13.1. The molecular weight excluding hydrogens is 237 g/mol. The van der Waals surface area contributed by atoms with Gasteiger partial charge in [-0.3, -0.25) is 0 Å². The summed E-state index contributed by atoms with van der Waals surface area (Å²) in [6.45, 7) is 2.13. The van der Waals surface area contributed by atoms with E-state index in [1.165, 1.54) is 31.7 Å². The molecule has 2 saturated carbocycles. The monoisotopic (exact) mass is 261 g/mol. The molecule has 2 bridgehead atoms. The third-order valence-corrected chi connectivity index (χ3v) is 5.11. The van der Waals surface area contributed by atoms with Gasteiger partial charge in [0, 0.05) is 5.54 Å². The van der Waals surface area contributed by atoms with Gasteiger partial charge in [0.2, 0.25) is 0 Å². The molecule has 1 aromatic rings. The molecule has 0 aromatic heterocycles. The smallest absolute Gasteiger partial charge is 0.123 e. The Bertz CT molecular complexity index is 454. The van der Waals surface area contributed by atoms with Crippen LogP contribution in [0.4, 0.5) is 4.39 Å². The Balaban J connectivity index is 1.63. The van der Waals surface area contributed by atoms with Crippen LogP contribution in [0.5, 0.6) is 0 Å². The van der Waals surface area contributed by atoms with Crippen molar-refractivity contribution in [1.82, 2.24) is 0 Å². The zero-order valence-electron chi connectivity index (χ0n) is 11.7. The second kappa shape index (κ2) is 4.90. The maximum absolute atomic E-state index is 13.2. The van der Waals surface area contributed by atoms with Crippen molar-refractivity contribution in [2.45, 2.75) is 51.0 Å². The predicted octanol–water partition coefficient (Wildman–Crippen LogP) is 3.91. The molecule has 4 unspecified atom stereocenters. The second-order valence-electron chi connectivity index (χ2n) is 7.10. The van der Waals surface area contributed by atoms with Crippen LogP contribution >= 0.6 is 0 Å². The van der Waals surface area contributed by atoms with Gasteiger partial charge >= 0.3 is 0 Å². The third-order valence-electron chi connectivity index (χ3n) is 5.11. The van der Waals surface area contributed by atoms with E-state index >= 15 is 0 Å². The minimum atomic E-state index is -0.205. The van der Waals surface area contributed by atoms with E-state index in [0.29, 0.717) is 0 Å². The first-order valence-corrected chi connectivity index (χ1v) is 7.55. The van der Waals surface area contributed by atoms with Gasteiger partial charge in [0.15, 0.2) is 0 Å². The average Bonchev–Trinajstić information content (AvgIpc) is 2.89. The largest absolute Gasteiger partial charge is 0.325 e. The number of fused-ring (bicyclic) bond motifs is 2. The summed E-state index contributed by atoms with van der Waals surface area (Å²) in [7, 11) is 0. The standard InChI is InChI=1S/C17H24FN/c1-17(19,10-13-3-2-4-16(18)9-13)11-15-8-12-5-6-14(15)7-12/h2-4,9,12,14-15H,5-8,10-11,19H2,1H3. The van der Waals surface area contributed by atoms with Crippen molar-refractivity contribution < 1.29 is 4.39 Å². The van der Waals surface area contributed by atoms with Crippen LogP contribution in [0.25, 0.3) is 0 Å². The lowest BCUT2D eigenvalue weighted by Crippen LogP contribution is -2.41. The lowest BCUT2D eigenvalue weighted by molar-refractivity contribution is 0.250. The molecule has 0 heterocycles. The van der Waals surface area contributed by atoms with Crippen LogP contribution in [0.15, 0.2) is 24.3 Å². The van der Waals surface area contributed by atoms with Gasteiger partial charge in [-0.15, -0.1) is 0 Å². The minimum absolute atomic E-state index is 0.159. The summed E-state index contributed by atoms with van der Waals surface area (Å²) in [5.41, 5.74) is 7.30. The van der Waals surface area contributed by atoms with Gasteiger partial charge in [0.05, 0.1) is 0 Å². The Morgan fingerprint density at radius 2 is 2.16 bits per heavy atom. The Labute approximate surface area is 115 Å². The molecule has 0 aliphatic heterocycles. The highest BCUT2D eigenvalue weighted by atomic mass is 19.1. The molecule has 2 N–H and O–H groups in total. The predicted molar refractivity (Wildman–Crippen MR) is 76.3 cm³/mol. The molecule has 2 heteroatoms. The fraction of sp³-hybridized carbons (Fsp3) is 0.647. The first-order chi connectivity index (χ1) is 9.02. The van der Waals surface area contributed by atoms with Crippen molar-refractivity contribution in [3.8, 4) is 0 Å². The van der Waals surface area contributed by atoms with E-state index in [0.717, 1.165) is 36.2 Å². The van der Waals surface area contributed by atoms with E-state index in [4.69, 9.17) is 5.73 Å². The fourth-order valence-corrected chi connectivity index (χ4v) is 4.41. The molecule has 3 rings (SSSR count). The van der Waals surface area contributed by atoms with Gasteiger partial charge in [-0.2, -0.15) is 0 Å². The molecule has 4 atom stereocenters. The van der Waals surface area contributed by atoms with Gasteiger partial charge < -0.3 is 5.73 Å². The number of hydrogen-bond donors (Lipinski definition) is 1. The number of benzene rings is 1. The molecule has 2 aliphatic carbocycles. The zero-order valence-corrected chi connectivity index (χ0v) is 11.7. The van der Waals surface area contributed by atoms with Gasteiger partial charge in [0.1, 0.15) is 5.82 Å². The highest BCUT2D eigenvalue weighted by Crippen LogP contribution is 2.50. The lowest BCUT2D eigenvalue weighted by atomic mass is 9.77. The number of halogens is 1. The summed E-state index contributed by atoms with van der Waals surface area (Å²) in [5, 5.41) is 0. The van der Waals surface area contributed by atoms with Gasteiger partial charge in [-0.1, -0.05) is 18.6 Å². The van der Waals surface area contributed by atoms with Gasteiger partial charge in [0.25, 0.3) is 0 Å². The van der Waals surface area contributed by atoms with Crippen LogP contribution < -0.4 is 5.73 Å². The maximum Gasteiger partial charge on any atom is 0.123 e. The molecule has 19 heavy (non-hydrogen) atoms. The highest BCUT2D eigenvalue weighted by molar-refractivity contribution is 5.19. The zero-order chi connectivity index (χ0) is 13.5. The van der Waals surface area contributed by atoms with Crippen LogP contribution in [0.3, 0.4) is 0 Å².